The van der Waals surface area contributed by atoms with Crippen LogP contribution in [0.5, 0.6) is 0 Å². The van der Waals surface area contributed by atoms with Crippen molar-refractivity contribution in [3.05, 3.63) is 35.0 Å². The molecule has 1 atom stereocenters. The second-order valence-corrected chi connectivity index (χ2v) is 2.36. The monoisotopic (exact) mass is 164 g/mol. The molecule has 4 nitrogen and oxygen atoms in total. The number of hydrogen-bond donors (Lipinski definition) is 0. The Morgan fingerprint density at radius 3 is 2.83 bits per heavy atom. The Balaban J connectivity index is 2.85. The third-order valence-corrected chi connectivity index (χ3v) is 1.45. The van der Waals surface area contributed by atoms with Crippen LogP contribution in [0, 0.1) is 4.91 Å². The second-order valence-electron chi connectivity index (χ2n) is 2.36. The molecule has 0 fully saturated rings. The third kappa shape index (κ3) is 1.72. The Morgan fingerprint density at radius 1 is 1.58 bits per heavy atom. The van der Waals surface area contributed by atoms with Gasteiger partial charge < -0.3 is 0 Å². The van der Waals surface area contributed by atoms with Crippen molar-refractivity contribution in [2.75, 3.05) is 0 Å². The van der Waals surface area contributed by atoms with E-state index in [0.717, 1.165) is 0 Å². The van der Waals surface area contributed by atoms with Gasteiger partial charge in [0.2, 0.25) is 5.78 Å². The van der Waals surface area contributed by atoms with Crippen molar-refractivity contribution >= 4 is 5.78 Å². The first-order chi connectivity index (χ1) is 5.75. The number of Topliss-reactive ketones (excluding diaryl/α,β-unsaturated/α-hetero) is 1. The number of rotatable bonds is 3. The van der Waals surface area contributed by atoms with Gasteiger partial charge in [0, 0.05) is 6.20 Å². The molecular weight excluding hydrogens is 156 g/mol. The number of aromatic nitrogens is 1. The molecule has 0 aromatic carbocycles. The Bertz CT molecular complexity index is 284. The maximum absolute atomic E-state index is 11.2. The van der Waals surface area contributed by atoms with Crippen LogP contribution in [0.2, 0.25) is 0 Å². The van der Waals surface area contributed by atoms with E-state index in [1.807, 2.05) is 0 Å². The lowest BCUT2D eigenvalue weighted by molar-refractivity contribution is 0.0963. The standard InChI is InChI=1S/C8H8N2O2/c1-6(10-12)8(11)7-4-2-3-5-9-7/h2-6H,1H3. The summed E-state index contributed by atoms with van der Waals surface area (Å²) in [6.45, 7) is 1.45. The minimum absolute atomic E-state index is 0.282. The molecule has 0 spiro atoms. The summed E-state index contributed by atoms with van der Waals surface area (Å²) in [5, 5.41) is 2.63. The van der Waals surface area contributed by atoms with Gasteiger partial charge in [0.15, 0.2) is 6.04 Å². The fourth-order valence-electron chi connectivity index (χ4n) is 0.770. The zero-order valence-corrected chi connectivity index (χ0v) is 6.60. The summed E-state index contributed by atoms with van der Waals surface area (Å²) in [6, 6.07) is 4.11. The fourth-order valence-corrected chi connectivity index (χ4v) is 0.770. The molecule has 1 heterocycles. The van der Waals surface area contributed by atoms with Gasteiger partial charge in [0.25, 0.3) is 0 Å². The highest BCUT2D eigenvalue weighted by Crippen LogP contribution is 2.01. The van der Waals surface area contributed by atoms with Gasteiger partial charge in [-0.3, -0.25) is 9.78 Å². The summed E-state index contributed by atoms with van der Waals surface area (Å²) in [5.74, 6) is -0.342. The quantitative estimate of drug-likeness (QED) is 0.501. The van der Waals surface area contributed by atoms with Crippen LogP contribution < -0.4 is 0 Å². The highest BCUT2D eigenvalue weighted by atomic mass is 16.3. The van der Waals surface area contributed by atoms with Crippen LogP contribution in [0.25, 0.3) is 0 Å². The van der Waals surface area contributed by atoms with Crippen LogP contribution in [0.1, 0.15) is 17.4 Å². The first-order valence-corrected chi connectivity index (χ1v) is 3.53. The van der Waals surface area contributed by atoms with Crippen molar-refractivity contribution in [2.24, 2.45) is 5.18 Å². The van der Waals surface area contributed by atoms with Gasteiger partial charge in [-0.05, 0) is 19.1 Å². The molecular formula is C8H8N2O2. The lowest BCUT2D eigenvalue weighted by atomic mass is 10.1. The van der Waals surface area contributed by atoms with Crippen molar-refractivity contribution in [1.29, 1.82) is 0 Å². The molecule has 0 saturated carbocycles. The smallest absolute Gasteiger partial charge is 0.208 e. The molecule has 1 aromatic heterocycles. The molecule has 12 heavy (non-hydrogen) atoms. The highest BCUT2D eigenvalue weighted by molar-refractivity contribution is 5.98. The Labute approximate surface area is 69.6 Å². The summed E-state index contributed by atoms with van der Waals surface area (Å²) < 4.78 is 0. The number of nitrogens with zero attached hydrogens (tertiary/aromatic N) is 2. The minimum atomic E-state index is -0.847. The lowest BCUT2D eigenvalue weighted by Gasteiger charge is -1.99. The molecule has 0 aliphatic rings. The predicted octanol–water partition coefficient (Wildman–Crippen LogP) is 1.42. The average molecular weight is 164 g/mol. The Kier molecular flexibility index (Phi) is 2.63. The second kappa shape index (κ2) is 3.71. The van der Waals surface area contributed by atoms with Gasteiger partial charge in [-0.1, -0.05) is 11.2 Å². The minimum Gasteiger partial charge on any atom is -0.290 e. The van der Waals surface area contributed by atoms with Gasteiger partial charge in [-0.15, -0.1) is 0 Å². The summed E-state index contributed by atoms with van der Waals surface area (Å²) in [4.78, 5) is 25.0. The predicted molar refractivity (Wildman–Crippen MR) is 43.8 cm³/mol. The average Bonchev–Trinajstić information content (AvgIpc) is 2.17. The maximum Gasteiger partial charge on any atom is 0.208 e. The molecule has 1 aromatic rings. The van der Waals surface area contributed by atoms with E-state index in [-0.39, 0.29) is 11.5 Å². The third-order valence-electron chi connectivity index (χ3n) is 1.45. The van der Waals surface area contributed by atoms with Gasteiger partial charge in [-0.2, -0.15) is 4.91 Å². The topological polar surface area (TPSA) is 59.4 Å². The number of hydrogen-bond acceptors (Lipinski definition) is 4. The number of carbonyl (C=O) groups excluding carboxylic acids is 1. The molecule has 0 aliphatic heterocycles. The van der Waals surface area contributed by atoms with Crippen molar-refractivity contribution in [2.45, 2.75) is 13.0 Å². The molecule has 1 rings (SSSR count). The molecule has 0 bridgehead atoms. The molecule has 0 radical (unpaired) electrons. The normalized spacial score (nSPS) is 12.1. The zero-order valence-electron chi connectivity index (χ0n) is 6.60. The van der Waals surface area contributed by atoms with Crippen LogP contribution in [0.3, 0.4) is 0 Å². The first-order valence-electron chi connectivity index (χ1n) is 3.53. The SMILES string of the molecule is CC(N=O)C(=O)c1ccccn1. The van der Waals surface area contributed by atoms with E-state index in [1.165, 1.54) is 13.1 Å². The van der Waals surface area contributed by atoms with E-state index in [4.69, 9.17) is 0 Å². The summed E-state index contributed by atoms with van der Waals surface area (Å²) in [7, 11) is 0. The van der Waals surface area contributed by atoms with Crippen LogP contribution >= 0.6 is 0 Å². The Morgan fingerprint density at radius 2 is 2.33 bits per heavy atom. The number of pyridine rings is 1. The van der Waals surface area contributed by atoms with Gasteiger partial charge in [0.05, 0.1) is 0 Å². The molecule has 0 saturated heterocycles. The van der Waals surface area contributed by atoms with Crippen molar-refractivity contribution in [1.82, 2.24) is 4.98 Å². The number of nitroso groups, excluding NO2 is 1. The first kappa shape index (κ1) is 8.52. The highest BCUT2D eigenvalue weighted by Gasteiger charge is 2.15. The van der Waals surface area contributed by atoms with E-state index in [0.29, 0.717) is 0 Å². The van der Waals surface area contributed by atoms with Crippen molar-refractivity contribution < 1.29 is 4.79 Å². The van der Waals surface area contributed by atoms with Crippen LogP contribution in [-0.2, 0) is 0 Å². The molecule has 62 valence electrons. The van der Waals surface area contributed by atoms with Gasteiger partial charge in [0.1, 0.15) is 5.69 Å². The largest absolute Gasteiger partial charge is 0.290 e. The molecule has 0 aliphatic carbocycles. The van der Waals surface area contributed by atoms with E-state index >= 15 is 0 Å². The van der Waals surface area contributed by atoms with Crippen molar-refractivity contribution in [3.63, 3.8) is 0 Å². The van der Waals surface area contributed by atoms with Gasteiger partial charge >= 0.3 is 0 Å². The molecule has 0 amide bonds. The summed E-state index contributed by atoms with van der Waals surface area (Å²) >= 11 is 0. The van der Waals surface area contributed by atoms with Crippen LogP contribution in [-0.4, -0.2) is 16.8 Å². The van der Waals surface area contributed by atoms with E-state index < -0.39 is 6.04 Å². The van der Waals surface area contributed by atoms with E-state index in [1.54, 1.807) is 18.2 Å². The molecule has 0 N–H and O–H groups in total. The summed E-state index contributed by atoms with van der Waals surface area (Å²) in [5.41, 5.74) is 0.282. The zero-order chi connectivity index (χ0) is 8.97. The molecule has 4 heteroatoms. The fraction of sp³-hybridized carbons (Fsp3) is 0.250. The van der Waals surface area contributed by atoms with Crippen LogP contribution in [0.4, 0.5) is 0 Å². The lowest BCUT2D eigenvalue weighted by Crippen LogP contribution is -2.15. The number of ketones is 1. The summed E-state index contributed by atoms with van der Waals surface area (Å²) in [6.07, 6.45) is 1.50. The number of carbonyl (C=O) groups is 1. The van der Waals surface area contributed by atoms with E-state index in [2.05, 4.69) is 10.2 Å². The van der Waals surface area contributed by atoms with E-state index in [9.17, 15) is 9.70 Å². The van der Waals surface area contributed by atoms with Crippen LogP contribution in [0.15, 0.2) is 29.6 Å². The van der Waals surface area contributed by atoms with Crippen molar-refractivity contribution in [3.8, 4) is 0 Å². The Hall–Kier alpha value is -1.58. The van der Waals surface area contributed by atoms with Gasteiger partial charge in [-0.25, -0.2) is 0 Å². The maximum atomic E-state index is 11.2. The molecule has 1 unspecified atom stereocenters.